The highest BCUT2D eigenvalue weighted by molar-refractivity contribution is 5.75. The average molecular weight is 292 g/mol. The largest absolute Gasteiger partial charge is 0.389 e. The Bertz CT molecular complexity index is 647. The van der Waals surface area contributed by atoms with E-state index in [0.29, 0.717) is 13.1 Å². The topological polar surface area (TPSA) is 99.1 Å². The molecule has 0 aromatic carbocycles. The molecule has 21 heavy (non-hydrogen) atoms. The summed E-state index contributed by atoms with van der Waals surface area (Å²) in [4.78, 5) is 23.6. The molecule has 0 aliphatic heterocycles. The molecule has 0 unspecified atom stereocenters. The summed E-state index contributed by atoms with van der Waals surface area (Å²) >= 11 is 0. The number of aryl methyl sites for hydroxylation is 2. The Labute approximate surface area is 120 Å². The summed E-state index contributed by atoms with van der Waals surface area (Å²) in [7, 11) is 3.53. The fourth-order valence-electron chi connectivity index (χ4n) is 1.86. The molecule has 0 aliphatic rings. The van der Waals surface area contributed by atoms with E-state index in [1.54, 1.807) is 22.8 Å². The lowest BCUT2D eigenvalue weighted by molar-refractivity contribution is -0.389. The van der Waals surface area contributed by atoms with Crippen molar-refractivity contribution in [3.05, 3.63) is 40.3 Å². The Morgan fingerprint density at radius 3 is 2.81 bits per heavy atom. The molecule has 2 aromatic rings. The minimum Gasteiger partial charge on any atom is -0.358 e. The third-order valence-corrected chi connectivity index (χ3v) is 3.12. The number of amides is 1. The lowest BCUT2D eigenvalue weighted by Gasteiger charge is -2.16. The maximum absolute atomic E-state index is 12.0. The normalized spacial score (nSPS) is 10.6. The van der Waals surface area contributed by atoms with E-state index >= 15 is 0 Å². The second-order valence-corrected chi connectivity index (χ2v) is 4.64. The molecule has 2 aromatic heterocycles. The molecule has 1 amide bonds. The lowest BCUT2D eigenvalue weighted by atomic mass is 10.3. The van der Waals surface area contributed by atoms with E-state index in [1.807, 2.05) is 13.1 Å². The predicted molar refractivity (Wildman–Crippen MR) is 73.2 cm³/mol. The van der Waals surface area contributed by atoms with Crippen molar-refractivity contribution in [2.75, 3.05) is 7.05 Å². The molecule has 2 rings (SSSR count). The summed E-state index contributed by atoms with van der Waals surface area (Å²) in [5.41, 5.74) is 0.931. The molecule has 9 heteroatoms. The van der Waals surface area contributed by atoms with E-state index in [2.05, 4.69) is 10.2 Å². The SMILES string of the molecule is CN(Cc1ccnn1C)C(=O)CCn1ccc([N+](=O)[O-])n1. The third-order valence-electron chi connectivity index (χ3n) is 3.12. The summed E-state index contributed by atoms with van der Waals surface area (Å²) in [6.07, 6.45) is 3.40. The van der Waals surface area contributed by atoms with Crippen LogP contribution >= 0.6 is 0 Å². The Kier molecular flexibility index (Phi) is 4.31. The standard InChI is InChI=1S/C12H16N6O3/c1-15(9-10-3-6-13-16(10)2)12(19)5-8-17-7-4-11(14-17)18(20)21/h3-4,6-7H,5,8-9H2,1-2H3. The van der Waals surface area contributed by atoms with E-state index in [4.69, 9.17) is 0 Å². The Morgan fingerprint density at radius 2 is 2.24 bits per heavy atom. The Hall–Kier alpha value is -2.71. The average Bonchev–Trinajstić information content (AvgIpc) is 3.06. The van der Waals surface area contributed by atoms with Gasteiger partial charge in [-0.1, -0.05) is 0 Å². The number of nitrogens with zero attached hydrogens (tertiary/aromatic N) is 6. The first-order valence-electron chi connectivity index (χ1n) is 6.36. The number of carbonyl (C=O) groups excluding carboxylic acids is 1. The van der Waals surface area contributed by atoms with E-state index < -0.39 is 4.92 Å². The number of hydrogen-bond donors (Lipinski definition) is 0. The zero-order valence-corrected chi connectivity index (χ0v) is 11.8. The Balaban J connectivity index is 1.86. The lowest BCUT2D eigenvalue weighted by Crippen LogP contribution is -2.28. The molecule has 0 bridgehead atoms. The first-order chi connectivity index (χ1) is 9.97. The van der Waals surface area contributed by atoms with Gasteiger partial charge in [0.15, 0.2) is 0 Å². The molecule has 9 nitrogen and oxygen atoms in total. The van der Waals surface area contributed by atoms with Crippen LogP contribution in [0.5, 0.6) is 0 Å². The number of rotatable bonds is 6. The summed E-state index contributed by atoms with van der Waals surface area (Å²) in [5, 5.41) is 18.3. The number of aromatic nitrogens is 4. The maximum Gasteiger partial charge on any atom is 0.389 e. The molecule has 0 saturated carbocycles. The zero-order valence-electron chi connectivity index (χ0n) is 11.8. The molecule has 0 saturated heterocycles. The van der Waals surface area contributed by atoms with Crippen LogP contribution in [-0.2, 0) is 24.9 Å². The molecule has 0 radical (unpaired) electrons. The molecule has 0 atom stereocenters. The molecular formula is C12H16N6O3. The van der Waals surface area contributed by atoms with Crippen LogP contribution in [0.25, 0.3) is 0 Å². The van der Waals surface area contributed by atoms with Crippen LogP contribution in [0, 0.1) is 10.1 Å². The van der Waals surface area contributed by atoms with Crippen LogP contribution in [0.15, 0.2) is 24.5 Å². The maximum atomic E-state index is 12.0. The number of carbonyl (C=O) groups is 1. The van der Waals surface area contributed by atoms with Crippen molar-refractivity contribution in [3.63, 3.8) is 0 Å². The van der Waals surface area contributed by atoms with Gasteiger partial charge in [0.05, 0.1) is 36.1 Å². The number of nitro groups is 1. The van der Waals surface area contributed by atoms with Crippen molar-refractivity contribution in [1.29, 1.82) is 0 Å². The van der Waals surface area contributed by atoms with E-state index in [1.165, 1.54) is 16.9 Å². The Morgan fingerprint density at radius 1 is 1.48 bits per heavy atom. The van der Waals surface area contributed by atoms with Gasteiger partial charge in [0.25, 0.3) is 0 Å². The van der Waals surface area contributed by atoms with Gasteiger partial charge in [-0.3, -0.25) is 9.48 Å². The minimum absolute atomic E-state index is 0.0608. The van der Waals surface area contributed by atoms with Crippen LogP contribution in [0.1, 0.15) is 12.1 Å². The van der Waals surface area contributed by atoms with Gasteiger partial charge in [-0.2, -0.15) is 9.78 Å². The van der Waals surface area contributed by atoms with Crippen molar-refractivity contribution >= 4 is 11.7 Å². The van der Waals surface area contributed by atoms with E-state index in [9.17, 15) is 14.9 Å². The predicted octanol–water partition coefficient (Wildman–Crippen LogP) is 0.573. The van der Waals surface area contributed by atoms with Crippen molar-refractivity contribution in [2.45, 2.75) is 19.5 Å². The molecule has 112 valence electrons. The molecule has 0 N–H and O–H groups in total. The first-order valence-corrected chi connectivity index (χ1v) is 6.36. The highest BCUT2D eigenvalue weighted by atomic mass is 16.6. The van der Waals surface area contributed by atoms with Gasteiger partial charge in [0.2, 0.25) is 5.91 Å². The summed E-state index contributed by atoms with van der Waals surface area (Å²) in [5.74, 6) is -0.278. The van der Waals surface area contributed by atoms with Gasteiger partial charge in [-0.15, -0.1) is 0 Å². The van der Waals surface area contributed by atoms with Gasteiger partial charge in [-0.05, 0) is 11.0 Å². The van der Waals surface area contributed by atoms with E-state index in [0.717, 1.165) is 5.69 Å². The molecular weight excluding hydrogens is 276 g/mol. The van der Waals surface area contributed by atoms with Crippen molar-refractivity contribution < 1.29 is 9.72 Å². The van der Waals surface area contributed by atoms with Gasteiger partial charge in [0, 0.05) is 26.7 Å². The van der Waals surface area contributed by atoms with Crippen molar-refractivity contribution in [2.24, 2.45) is 7.05 Å². The first kappa shape index (κ1) is 14.7. The summed E-state index contributed by atoms with van der Waals surface area (Å²) in [6.45, 7) is 0.775. The molecule has 2 heterocycles. The van der Waals surface area contributed by atoms with E-state index in [-0.39, 0.29) is 18.1 Å². The second kappa shape index (κ2) is 6.16. The van der Waals surface area contributed by atoms with Gasteiger partial charge >= 0.3 is 5.82 Å². The molecule has 0 spiro atoms. The smallest absolute Gasteiger partial charge is 0.358 e. The zero-order chi connectivity index (χ0) is 15.4. The highest BCUT2D eigenvalue weighted by Crippen LogP contribution is 2.07. The molecule has 0 fully saturated rings. The third kappa shape index (κ3) is 3.65. The van der Waals surface area contributed by atoms with Crippen LogP contribution < -0.4 is 0 Å². The van der Waals surface area contributed by atoms with Crippen molar-refractivity contribution in [3.8, 4) is 0 Å². The molecule has 0 aliphatic carbocycles. The highest BCUT2D eigenvalue weighted by Gasteiger charge is 2.14. The van der Waals surface area contributed by atoms with Crippen LogP contribution in [0.2, 0.25) is 0 Å². The van der Waals surface area contributed by atoms with Gasteiger partial charge in [-0.25, -0.2) is 0 Å². The summed E-state index contributed by atoms with van der Waals surface area (Å²) in [6, 6.07) is 3.16. The van der Waals surface area contributed by atoms with Gasteiger partial charge in [0.1, 0.15) is 0 Å². The summed E-state index contributed by atoms with van der Waals surface area (Å²) < 4.78 is 3.11. The quantitative estimate of drug-likeness (QED) is 0.572. The fraction of sp³-hybridized carbons (Fsp3) is 0.417. The fourth-order valence-corrected chi connectivity index (χ4v) is 1.86. The minimum atomic E-state index is -0.563. The van der Waals surface area contributed by atoms with Crippen LogP contribution in [-0.4, -0.2) is 42.3 Å². The number of hydrogen-bond acceptors (Lipinski definition) is 5. The van der Waals surface area contributed by atoms with Crippen LogP contribution in [0.3, 0.4) is 0 Å². The van der Waals surface area contributed by atoms with Gasteiger partial charge < -0.3 is 15.0 Å². The van der Waals surface area contributed by atoms with Crippen molar-refractivity contribution in [1.82, 2.24) is 24.5 Å². The second-order valence-electron chi connectivity index (χ2n) is 4.64. The van der Waals surface area contributed by atoms with Crippen LogP contribution in [0.4, 0.5) is 5.82 Å². The monoisotopic (exact) mass is 292 g/mol.